The van der Waals surface area contributed by atoms with E-state index >= 15 is 0 Å². The largest absolute Gasteiger partial charge is 0.449 e. The summed E-state index contributed by atoms with van der Waals surface area (Å²) in [7, 11) is 2.12. The van der Waals surface area contributed by atoms with E-state index < -0.39 is 0 Å². The molecule has 0 spiro atoms. The van der Waals surface area contributed by atoms with Crippen molar-refractivity contribution in [2.75, 3.05) is 26.2 Å². The number of likely N-dealkylation sites (tertiary alicyclic amines) is 1. The van der Waals surface area contributed by atoms with Crippen LogP contribution < -0.4 is 5.69 Å². The molecule has 3 aromatic carbocycles. The van der Waals surface area contributed by atoms with Crippen molar-refractivity contribution < 1.29 is 9.53 Å². The van der Waals surface area contributed by atoms with Gasteiger partial charge in [0.1, 0.15) is 0 Å². The van der Waals surface area contributed by atoms with Crippen LogP contribution in [0.5, 0.6) is 0 Å². The average molecular weight is 552 g/mol. The van der Waals surface area contributed by atoms with Gasteiger partial charge in [-0.05, 0) is 54.5 Å². The average Bonchev–Trinajstić information content (AvgIpc) is 3.51. The van der Waals surface area contributed by atoms with Gasteiger partial charge >= 0.3 is 11.8 Å². The normalized spacial score (nSPS) is 14.3. The highest BCUT2D eigenvalue weighted by Gasteiger charge is 2.26. The van der Waals surface area contributed by atoms with Crippen molar-refractivity contribution in [1.29, 1.82) is 0 Å². The molecule has 1 saturated heterocycles. The molecular weight excluding hydrogens is 514 g/mol. The second-order valence-corrected chi connectivity index (χ2v) is 11.0. The topological polar surface area (TPSA) is 75.5 Å². The Bertz CT molecular complexity index is 1680. The van der Waals surface area contributed by atoms with Crippen LogP contribution in [0.25, 0.3) is 21.9 Å². The monoisotopic (exact) mass is 551 g/mol. The Balaban J connectivity index is 1.02. The highest BCUT2D eigenvalue weighted by molar-refractivity contribution is 5.81. The fourth-order valence-corrected chi connectivity index (χ4v) is 6.06. The van der Waals surface area contributed by atoms with Crippen molar-refractivity contribution >= 4 is 28.0 Å². The van der Waals surface area contributed by atoms with Gasteiger partial charge in [-0.2, -0.15) is 0 Å². The minimum Gasteiger partial charge on any atom is -0.449 e. The number of imidazole rings is 1. The predicted octanol–water partition coefficient (Wildman–Crippen LogP) is 5.69. The van der Waals surface area contributed by atoms with E-state index in [-0.39, 0.29) is 17.8 Å². The van der Waals surface area contributed by atoms with Crippen molar-refractivity contribution in [1.82, 2.24) is 23.9 Å². The summed E-state index contributed by atoms with van der Waals surface area (Å²) in [5, 5.41) is 1.25. The second-order valence-electron chi connectivity index (χ2n) is 11.0. The molecule has 1 N–H and O–H groups in total. The van der Waals surface area contributed by atoms with Gasteiger partial charge in [0, 0.05) is 57.0 Å². The number of aryl methyl sites for hydroxylation is 1. The summed E-state index contributed by atoms with van der Waals surface area (Å²) in [6.45, 7) is 4.00. The molecule has 212 valence electrons. The Labute approximate surface area is 239 Å². The number of hydrogen-bond donors (Lipinski definition) is 1. The molecule has 0 bridgehead atoms. The number of nitrogens with zero attached hydrogens (tertiary/aromatic N) is 4. The molecule has 41 heavy (non-hydrogen) atoms. The van der Waals surface area contributed by atoms with E-state index in [1.54, 1.807) is 4.90 Å². The van der Waals surface area contributed by atoms with Crippen molar-refractivity contribution in [3.8, 4) is 0 Å². The van der Waals surface area contributed by atoms with Crippen LogP contribution in [-0.4, -0.2) is 56.3 Å². The summed E-state index contributed by atoms with van der Waals surface area (Å²) >= 11 is 0. The number of piperidine rings is 1. The zero-order valence-corrected chi connectivity index (χ0v) is 23.5. The van der Waals surface area contributed by atoms with Crippen LogP contribution in [0.1, 0.15) is 36.6 Å². The lowest BCUT2D eigenvalue weighted by atomic mass is 10.0. The van der Waals surface area contributed by atoms with Gasteiger partial charge in [-0.15, -0.1) is 0 Å². The Morgan fingerprint density at radius 3 is 2.41 bits per heavy atom. The number of benzene rings is 3. The molecule has 8 heteroatoms. The number of hydrogen-bond acceptors (Lipinski definition) is 4. The summed E-state index contributed by atoms with van der Waals surface area (Å²) in [6.07, 6.45) is 1.95. The van der Waals surface area contributed by atoms with E-state index in [0.29, 0.717) is 19.7 Å². The Hall–Kier alpha value is -4.30. The van der Waals surface area contributed by atoms with Crippen molar-refractivity contribution in [2.45, 2.75) is 38.4 Å². The van der Waals surface area contributed by atoms with Crippen LogP contribution >= 0.6 is 0 Å². The number of amides is 1. The maximum atomic E-state index is 12.9. The van der Waals surface area contributed by atoms with Crippen molar-refractivity contribution in [2.24, 2.45) is 7.05 Å². The lowest BCUT2D eigenvalue weighted by Crippen LogP contribution is -2.41. The van der Waals surface area contributed by atoms with Gasteiger partial charge < -0.3 is 19.2 Å². The number of fused-ring (bicyclic) bond motifs is 2. The molecule has 8 nitrogen and oxygen atoms in total. The summed E-state index contributed by atoms with van der Waals surface area (Å²) in [4.78, 5) is 32.6. The van der Waals surface area contributed by atoms with Gasteiger partial charge in [-0.1, -0.05) is 60.7 Å². The fraction of sp³-hybridized carbons (Fsp3) is 0.333. The quantitative estimate of drug-likeness (QED) is 0.239. The van der Waals surface area contributed by atoms with E-state index in [1.165, 1.54) is 22.2 Å². The Morgan fingerprint density at radius 2 is 1.63 bits per heavy atom. The first kappa shape index (κ1) is 26.9. The molecule has 5 aromatic rings. The fourth-order valence-electron chi connectivity index (χ4n) is 6.06. The number of ether oxygens (including phenoxy) is 1. The molecule has 0 unspecified atom stereocenters. The van der Waals surface area contributed by atoms with E-state index in [0.717, 1.165) is 49.9 Å². The highest BCUT2D eigenvalue weighted by Crippen LogP contribution is 2.25. The molecule has 0 radical (unpaired) electrons. The van der Waals surface area contributed by atoms with Crippen LogP contribution in [0.2, 0.25) is 0 Å². The van der Waals surface area contributed by atoms with Crippen molar-refractivity contribution in [3.05, 3.63) is 107 Å². The zero-order chi connectivity index (χ0) is 28.2. The lowest BCUT2D eigenvalue weighted by molar-refractivity contribution is 0.0840. The standard InChI is InChI=1S/C33H37N5O3/c1-35-28(22-26-12-5-7-14-30(26)35)24-36(23-25-10-3-2-4-11-25)18-9-21-41-33(40)37-19-16-27(17-20-37)38-31-15-8-6-13-29(31)34-32(38)39/h2-8,10-15,22,27H,9,16-21,23-24H2,1H3,(H,34,39). The predicted molar refractivity (Wildman–Crippen MR) is 162 cm³/mol. The molecule has 3 heterocycles. The van der Waals surface area contributed by atoms with Gasteiger partial charge in [0.2, 0.25) is 0 Å². The third kappa shape index (κ3) is 5.93. The smallest absolute Gasteiger partial charge is 0.409 e. The van der Waals surface area contributed by atoms with Crippen LogP contribution in [0.15, 0.2) is 89.7 Å². The van der Waals surface area contributed by atoms with Crippen LogP contribution in [0.3, 0.4) is 0 Å². The van der Waals surface area contributed by atoms with Crippen LogP contribution in [-0.2, 0) is 24.9 Å². The summed E-state index contributed by atoms with van der Waals surface area (Å²) in [5.41, 5.74) is 5.44. The van der Waals surface area contributed by atoms with Gasteiger partial charge in [0.15, 0.2) is 0 Å². The van der Waals surface area contributed by atoms with E-state index in [4.69, 9.17) is 4.74 Å². The van der Waals surface area contributed by atoms with Crippen LogP contribution in [0, 0.1) is 0 Å². The number of para-hydroxylation sites is 3. The number of H-pyrrole nitrogens is 1. The molecule has 0 aliphatic carbocycles. The molecule has 1 fully saturated rings. The Morgan fingerprint density at radius 1 is 0.927 bits per heavy atom. The molecule has 1 aliphatic rings. The van der Waals surface area contributed by atoms with Crippen LogP contribution in [0.4, 0.5) is 4.79 Å². The number of nitrogens with one attached hydrogen (secondary N) is 1. The molecule has 1 aliphatic heterocycles. The third-order valence-electron chi connectivity index (χ3n) is 8.24. The maximum Gasteiger partial charge on any atom is 0.409 e. The Kier molecular flexibility index (Phi) is 7.91. The minimum absolute atomic E-state index is 0.0726. The number of carbonyl (C=O) groups is 1. The summed E-state index contributed by atoms with van der Waals surface area (Å²) < 4.78 is 9.81. The molecule has 0 atom stereocenters. The minimum atomic E-state index is -0.266. The summed E-state index contributed by atoms with van der Waals surface area (Å²) in [5.74, 6) is 0. The SMILES string of the molecule is Cn1c(CN(CCCOC(=O)N2CCC(n3c(=O)[nH]c4ccccc43)CC2)Cc2ccccc2)cc2ccccc21. The van der Waals surface area contributed by atoms with E-state index in [1.807, 2.05) is 34.9 Å². The number of aromatic amines is 1. The third-order valence-corrected chi connectivity index (χ3v) is 8.24. The second kappa shape index (κ2) is 12.1. The maximum absolute atomic E-state index is 12.9. The first-order valence-corrected chi connectivity index (χ1v) is 14.5. The number of rotatable bonds is 9. The van der Waals surface area contributed by atoms with Gasteiger partial charge in [-0.25, -0.2) is 9.59 Å². The molecule has 0 saturated carbocycles. The lowest BCUT2D eigenvalue weighted by Gasteiger charge is -2.32. The first-order chi connectivity index (χ1) is 20.1. The number of aromatic nitrogens is 3. The van der Waals surface area contributed by atoms with E-state index in [9.17, 15) is 9.59 Å². The summed E-state index contributed by atoms with van der Waals surface area (Å²) in [6, 6.07) is 29.1. The molecule has 6 rings (SSSR count). The van der Waals surface area contributed by atoms with Gasteiger partial charge in [0.05, 0.1) is 17.6 Å². The highest BCUT2D eigenvalue weighted by atomic mass is 16.6. The number of carbonyl (C=O) groups excluding carboxylic acids is 1. The van der Waals surface area contributed by atoms with Crippen molar-refractivity contribution in [3.63, 3.8) is 0 Å². The van der Waals surface area contributed by atoms with Gasteiger partial charge in [0.25, 0.3) is 0 Å². The molecule has 2 aromatic heterocycles. The molecule has 1 amide bonds. The molecular formula is C33H37N5O3. The first-order valence-electron chi connectivity index (χ1n) is 14.5. The van der Waals surface area contributed by atoms with E-state index in [2.05, 4.69) is 76.1 Å². The van der Waals surface area contributed by atoms with Gasteiger partial charge in [-0.3, -0.25) is 9.47 Å². The zero-order valence-electron chi connectivity index (χ0n) is 23.5.